The first-order chi connectivity index (χ1) is 11.6. The van der Waals surface area contributed by atoms with E-state index < -0.39 is 0 Å². The summed E-state index contributed by atoms with van der Waals surface area (Å²) in [6, 6.07) is 6.10. The van der Waals surface area contributed by atoms with Crippen molar-refractivity contribution >= 4 is 5.91 Å². The lowest BCUT2D eigenvalue weighted by atomic mass is 10.1. The molecule has 0 radical (unpaired) electrons. The van der Waals surface area contributed by atoms with Crippen molar-refractivity contribution in [3.63, 3.8) is 0 Å². The molecule has 1 aliphatic rings. The number of hydrogen-bond acceptors (Lipinski definition) is 4. The Balaban J connectivity index is 1.60. The molecule has 134 valence electrons. The highest BCUT2D eigenvalue weighted by atomic mass is 16.5. The lowest BCUT2D eigenvalue weighted by Gasteiger charge is -2.15. The summed E-state index contributed by atoms with van der Waals surface area (Å²) in [5.74, 6) is 1.45. The van der Waals surface area contributed by atoms with Gasteiger partial charge in [-0.05, 0) is 56.0 Å². The van der Waals surface area contributed by atoms with Crippen molar-refractivity contribution < 1.29 is 14.3 Å². The third kappa shape index (κ3) is 6.49. The Labute approximate surface area is 145 Å². The Morgan fingerprint density at radius 2 is 2.00 bits per heavy atom. The van der Waals surface area contributed by atoms with E-state index in [1.54, 1.807) is 7.11 Å². The molecule has 0 bridgehead atoms. The second-order valence-electron chi connectivity index (χ2n) is 6.67. The van der Waals surface area contributed by atoms with E-state index in [-0.39, 0.29) is 5.91 Å². The standard InChI is InChI=1S/C19H30N2O3/c1-15-10-16(2)12-18(11-15)24-8-5-19(22)20-13-17-4-6-21(14-17)7-9-23-3/h10-12,17H,4-9,13-14H2,1-3H3,(H,20,22). The fourth-order valence-electron chi connectivity index (χ4n) is 3.13. The van der Waals surface area contributed by atoms with Gasteiger partial charge in [0.25, 0.3) is 0 Å². The summed E-state index contributed by atoms with van der Waals surface area (Å²) in [5, 5.41) is 3.03. The quantitative estimate of drug-likeness (QED) is 0.752. The molecule has 1 aliphatic heterocycles. The topological polar surface area (TPSA) is 50.8 Å². The van der Waals surface area contributed by atoms with Gasteiger partial charge in [-0.15, -0.1) is 0 Å². The van der Waals surface area contributed by atoms with Gasteiger partial charge in [0, 0.05) is 26.7 Å². The van der Waals surface area contributed by atoms with Crippen LogP contribution in [0, 0.1) is 19.8 Å². The second kappa shape index (κ2) is 9.64. The number of hydrogen-bond donors (Lipinski definition) is 1. The highest BCUT2D eigenvalue weighted by molar-refractivity contribution is 5.76. The first-order valence-electron chi connectivity index (χ1n) is 8.76. The van der Waals surface area contributed by atoms with Crippen LogP contribution in [0.3, 0.4) is 0 Å². The van der Waals surface area contributed by atoms with Crippen molar-refractivity contribution in [1.82, 2.24) is 10.2 Å². The first kappa shape index (κ1) is 18.7. The van der Waals surface area contributed by atoms with Crippen molar-refractivity contribution in [3.05, 3.63) is 29.3 Å². The Hall–Kier alpha value is -1.59. The maximum atomic E-state index is 12.0. The summed E-state index contributed by atoms with van der Waals surface area (Å²) >= 11 is 0. The molecule has 1 amide bonds. The molecule has 0 aromatic heterocycles. The molecule has 1 heterocycles. The van der Waals surface area contributed by atoms with E-state index >= 15 is 0 Å². The van der Waals surface area contributed by atoms with E-state index in [1.807, 2.05) is 26.0 Å². The van der Waals surface area contributed by atoms with Crippen molar-refractivity contribution in [2.45, 2.75) is 26.7 Å². The van der Waals surface area contributed by atoms with Crippen LogP contribution < -0.4 is 10.1 Å². The van der Waals surface area contributed by atoms with E-state index in [4.69, 9.17) is 9.47 Å². The van der Waals surface area contributed by atoms with Crippen LogP contribution in [-0.4, -0.2) is 57.3 Å². The molecule has 24 heavy (non-hydrogen) atoms. The molecular weight excluding hydrogens is 304 g/mol. The minimum Gasteiger partial charge on any atom is -0.493 e. The number of amides is 1. The monoisotopic (exact) mass is 334 g/mol. The fourth-order valence-corrected chi connectivity index (χ4v) is 3.13. The molecular formula is C19H30N2O3. The summed E-state index contributed by atoms with van der Waals surface area (Å²) in [6.45, 7) is 9.15. The van der Waals surface area contributed by atoms with E-state index in [0.29, 0.717) is 18.9 Å². The number of benzene rings is 1. The minimum absolute atomic E-state index is 0.0646. The average molecular weight is 334 g/mol. The third-order valence-electron chi connectivity index (χ3n) is 4.36. The number of methoxy groups -OCH3 is 1. The highest BCUT2D eigenvalue weighted by Crippen LogP contribution is 2.16. The molecule has 0 saturated carbocycles. The maximum absolute atomic E-state index is 12.0. The zero-order chi connectivity index (χ0) is 17.4. The van der Waals surface area contributed by atoms with E-state index in [0.717, 1.165) is 45.0 Å². The van der Waals surface area contributed by atoms with Crippen LogP contribution >= 0.6 is 0 Å². The van der Waals surface area contributed by atoms with Crippen LogP contribution in [0.5, 0.6) is 5.75 Å². The molecule has 5 nitrogen and oxygen atoms in total. The molecule has 0 aliphatic carbocycles. The van der Waals surface area contributed by atoms with E-state index in [9.17, 15) is 4.79 Å². The Morgan fingerprint density at radius 3 is 2.71 bits per heavy atom. The summed E-state index contributed by atoms with van der Waals surface area (Å²) in [4.78, 5) is 14.3. The number of nitrogens with one attached hydrogen (secondary N) is 1. The van der Waals surface area contributed by atoms with Crippen LogP contribution in [0.15, 0.2) is 18.2 Å². The molecule has 2 rings (SSSR count). The van der Waals surface area contributed by atoms with Gasteiger partial charge >= 0.3 is 0 Å². The van der Waals surface area contributed by atoms with Gasteiger partial charge in [0.2, 0.25) is 5.91 Å². The van der Waals surface area contributed by atoms with Crippen molar-refractivity contribution in [1.29, 1.82) is 0 Å². The van der Waals surface area contributed by atoms with Crippen molar-refractivity contribution in [2.75, 3.05) is 46.5 Å². The number of ether oxygens (including phenoxy) is 2. The predicted octanol–water partition coefficient (Wildman–Crippen LogP) is 2.16. The molecule has 1 N–H and O–H groups in total. The van der Waals surface area contributed by atoms with Gasteiger partial charge in [-0.25, -0.2) is 0 Å². The van der Waals surface area contributed by atoms with Gasteiger partial charge < -0.3 is 19.7 Å². The van der Waals surface area contributed by atoms with Gasteiger partial charge in [0.1, 0.15) is 5.75 Å². The third-order valence-corrected chi connectivity index (χ3v) is 4.36. The highest BCUT2D eigenvalue weighted by Gasteiger charge is 2.22. The molecule has 1 aromatic rings. The molecule has 1 aromatic carbocycles. The number of carbonyl (C=O) groups is 1. The summed E-state index contributed by atoms with van der Waals surface area (Å²) < 4.78 is 10.8. The largest absolute Gasteiger partial charge is 0.493 e. The summed E-state index contributed by atoms with van der Waals surface area (Å²) in [6.07, 6.45) is 1.54. The van der Waals surface area contributed by atoms with Crippen LogP contribution in [0.2, 0.25) is 0 Å². The Kier molecular flexibility index (Phi) is 7.53. The normalized spacial score (nSPS) is 17.9. The Bertz CT molecular complexity index is 513. The first-order valence-corrected chi connectivity index (χ1v) is 8.76. The maximum Gasteiger partial charge on any atom is 0.223 e. The van der Waals surface area contributed by atoms with Gasteiger partial charge in [-0.1, -0.05) is 6.07 Å². The van der Waals surface area contributed by atoms with Gasteiger partial charge in [0.15, 0.2) is 0 Å². The van der Waals surface area contributed by atoms with Crippen LogP contribution in [0.1, 0.15) is 24.0 Å². The van der Waals surface area contributed by atoms with Crippen LogP contribution in [0.4, 0.5) is 0 Å². The molecule has 5 heteroatoms. The lowest BCUT2D eigenvalue weighted by molar-refractivity contribution is -0.121. The zero-order valence-electron chi connectivity index (χ0n) is 15.1. The lowest BCUT2D eigenvalue weighted by Crippen LogP contribution is -2.32. The average Bonchev–Trinajstić information content (AvgIpc) is 2.98. The second-order valence-corrected chi connectivity index (χ2v) is 6.67. The number of aryl methyl sites for hydroxylation is 2. The molecule has 1 saturated heterocycles. The van der Waals surface area contributed by atoms with Gasteiger partial charge in [-0.3, -0.25) is 4.79 Å². The number of likely N-dealkylation sites (tertiary alicyclic amines) is 1. The summed E-state index contributed by atoms with van der Waals surface area (Å²) in [5.41, 5.74) is 2.35. The number of carbonyl (C=O) groups excluding carboxylic acids is 1. The van der Waals surface area contributed by atoms with Crippen LogP contribution in [0.25, 0.3) is 0 Å². The number of nitrogens with zero attached hydrogens (tertiary/aromatic N) is 1. The zero-order valence-corrected chi connectivity index (χ0v) is 15.1. The molecule has 1 atom stereocenters. The molecule has 1 fully saturated rings. The SMILES string of the molecule is COCCN1CCC(CNC(=O)CCOc2cc(C)cc(C)c2)C1. The van der Waals surface area contributed by atoms with Crippen molar-refractivity contribution in [2.24, 2.45) is 5.92 Å². The van der Waals surface area contributed by atoms with E-state index in [1.165, 1.54) is 11.1 Å². The Morgan fingerprint density at radius 1 is 1.25 bits per heavy atom. The van der Waals surface area contributed by atoms with Crippen molar-refractivity contribution in [3.8, 4) is 5.75 Å². The smallest absolute Gasteiger partial charge is 0.223 e. The van der Waals surface area contributed by atoms with Crippen LogP contribution in [-0.2, 0) is 9.53 Å². The van der Waals surface area contributed by atoms with Gasteiger partial charge in [-0.2, -0.15) is 0 Å². The number of rotatable bonds is 9. The predicted molar refractivity (Wildman–Crippen MR) is 95.5 cm³/mol. The van der Waals surface area contributed by atoms with E-state index in [2.05, 4.69) is 16.3 Å². The fraction of sp³-hybridized carbons (Fsp3) is 0.632. The van der Waals surface area contributed by atoms with Gasteiger partial charge in [0.05, 0.1) is 19.6 Å². The molecule has 1 unspecified atom stereocenters. The summed E-state index contributed by atoms with van der Waals surface area (Å²) in [7, 11) is 1.73. The minimum atomic E-state index is 0.0646. The molecule has 0 spiro atoms.